The molecule has 0 spiro atoms. The molecule has 0 radical (unpaired) electrons. The molecule has 0 aliphatic heterocycles. The van der Waals surface area contributed by atoms with Gasteiger partial charge in [0.05, 0.1) is 0 Å². The summed E-state index contributed by atoms with van der Waals surface area (Å²) in [6, 6.07) is 22.7. The van der Waals surface area contributed by atoms with Gasteiger partial charge in [0.2, 0.25) is 0 Å². The lowest BCUT2D eigenvalue weighted by Gasteiger charge is -2.13. The van der Waals surface area contributed by atoms with Gasteiger partial charge in [0.15, 0.2) is 11.5 Å². The van der Waals surface area contributed by atoms with Crippen molar-refractivity contribution < 1.29 is 10.2 Å². The van der Waals surface area contributed by atoms with E-state index >= 15 is 0 Å². The quantitative estimate of drug-likeness (QED) is 0.616. The topological polar surface area (TPSA) is 40.5 Å². The maximum atomic E-state index is 10.2. The minimum atomic E-state index is -0.108. The number of rotatable bonds is 2. The molecule has 0 saturated carbocycles. The predicted molar refractivity (Wildman–Crippen MR) is 92.0 cm³/mol. The highest BCUT2D eigenvalue weighted by molar-refractivity contribution is 5.89. The Morgan fingerprint density at radius 1 is 0.591 bits per heavy atom. The van der Waals surface area contributed by atoms with Gasteiger partial charge in [-0.2, -0.15) is 0 Å². The van der Waals surface area contributed by atoms with Crippen LogP contribution in [0.3, 0.4) is 0 Å². The minimum Gasteiger partial charge on any atom is -0.504 e. The van der Waals surface area contributed by atoms with E-state index in [0.717, 1.165) is 16.7 Å². The van der Waals surface area contributed by atoms with Gasteiger partial charge in [0, 0.05) is 5.56 Å². The summed E-state index contributed by atoms with van der Waals surface area (Å²) in [6.45, 7) is 4.00. The second-order valence-electron chi connectivity index (χ2n) is 4.59. The molecule has 0 unspecified atom stereocenters. The number of phenols is 2. The smallest absolute Gasteiger partial charge is 0.166 e. The Labute approximate surface area is 131 Å². The van der Waals surface area contributed by atoms with Crippen molar-refractivity contribution in [2.45, 2.75) is 13.8 Å². The van der Waals surface area contributed by atoms with Crippen LogP contribution in [0.1, 0.15) is 13.8 Å². The highest BCUT2D eigenvalue weighted by atomic mass is 16.3. The summed E-state index contributed by atoms with van der Waals surface area (Å²) in [5, 5.41) is 20.0. The monoisotopic (exact) mass is 292 g/mol. The molecule has 0 bridgehead atoms. The Hall–Kier alpha value is -2.74. The van der Waals surface area contributed by atoms with Gasteiger partial charge in [-0.15, -0.1) is 0 Å². The first-order valence-corrected chi connectivity index (χ1v) is 7.43. The molecular formula is C20H20O2. The average molecular weight is 292 g/mol. The summed E-state index contributed by atoms with van der Waals surface area (Å²) in [5.74, 6) is -0.193. The summed E-state index contributed by atoms with van der Waals surface area (Å²) in [6.07, 6.45) is 0. The van der Waals surface area contributed by atoms with Gasteiger partial charge in [-0.25, -0.2) is 0 Å². The van der Waals surface area contributed by atoms with Crippen LogP contribution < -0.4 is 0 Å². The molecule has 2 N–H and O–H groups in total. The standard InChI is InChI=1S/C18H14O2.C2H6/c19-16-12-11-15(13-7-3-1-4-8-13)17(18(16)20)14-9-5-2-6-10-14;1-2/h1-12,19-20H;1-2H3. The fraction of sp³-hybridized carbons (Fsp3) is 0.100. The van der Waals surface area contributed by atoms with Crippen LogP contribution in [0, 0.1) is 0 Å². The zero-order valence-electron chi connectivity index (χ0n) is 12.8. The van der Waals surface area contributed by atoms with E-state index < -0.39 is 0 Å². The van der Waals surface area contributed by atoms with Crippen LogP contribution >= 0.6 is 0 Å². The number of aromatic hydroxyl groups is 2. The number of hydrogen-bond acceptors (Lipinski definition) is 2. The van der Waals surface area contributed by atoms with E-state index in [1.54, 1.807) is 0 Å². The highest BCUT2D eigenvalue weighted by Gasteiger charge is 2.15. The predicted octanol–water partition coefficient (Wildman–Crippen LogP) is 5.46. The molecule has 3 aromatic carbocycles. The molecule has 0 aromatic heterocycles. The van der Waals surface area contributed by atoms with Gasteiger partial charge < -0.3 is 10.2 Å². The van der Waals surface area contributed by atoms with Crippen LogP contribution in [-0.2, 0) is 0 Å². The average Bonchev–Trinajstić information content (AvgIpc) is 2.60. The Kier molecular flexibility index (Phi) is 5.21. The second kappa shape index (κ2) is 7.32. The number of phenolic OH excluding ortho intramolecular Hbond substituents is 2. The molecule has 0 aliphatic rings. The van der Waals surface area contributed by atoms with Gasteiger partial charge in [0.1, 0.15) is 0 Å². The van der Waals surface area contributed by atoms with Crippen molar-refractivity contribution in [3.8, 4) is 33.8 Å². The zero-order valence-corrected chi connectivity index (χ0v) is 12.8. The maximum Gasteiger partial charge on any atom is 0.166 e. The van der Waals surface area contributed by atoms with Crippen LogP contribution in [0.25, 0.3) is 22.3 Å². The molecule has 112 valence electrons. The SMILES string of the molecule is CC.Oc1ccc(-c2ccccc2)c(-c2ccccc2)c1O. The van der Waals surface area contributed by atoms with Crippen molar-refractivity contribution in [1.82, 2.24) is 0 Å². The van der Waals surface area contributed by atoms with Crippen LogP contribution in [0.2, 0.25) is 0 Å². The summed E-state index contributed by atoms with van der Waals surface area (Å²) in [5.41, 5.74) is 3.42. The summed E-state index contributed by atoms with van der Waals surface area (Å²) < 4.78 is 0. The molecule has 0 saturated heterocycles. The van der Waals surface area contributed by atoms with E-state index in [2.05, 4.69) is 0 Å². The van der Waals surface area contributed by atoms with Crippen LogP contribution in [0.5, 0.6) is 11.5 Å². The molecule has 22 heavy (non-hydrogen) atoms. The van der Waals surface area contributed by atoms with E-state index in [0.29, 0.717) is 5.56 Å². The molecule has 0 heterocycles. The summed E-state index contributed by atoms with van der Waals surface area (Å²) in [4.78, 5) is 0. The lowest BCUT2D eigenvalue weighted by Crippen LogP contribution is -1.86. The Morgan fingerprint density at radius 2 is 1.09 bits per heavy atom. The van der Waals surface area contributed by atoms with Crippen molar-refractivity contribution in [2.75, 3.05) is 0 Å². The van der Waals surface area contributed by atoms with Crippen molar-refractivity contribution in [3.63, 3.8) is 0 Å². The van der Waals surface area contributed by atoms with Gasteiger partial charge in [-0.1, -0.05) is 74.5 Å². The van der Waals surface area contributed by atoms with Crippen molar-refractivity contribution in [3.05, 3.63) is 72.8 Å². The first-order chi connectivity index (χ1) is 10.8. The molecular weight excluding hydrogens is 272 g/mol. The van der Waals surface area contributed by atoms with E-state index in [9.17, 15) is 10.2 Å². The van der Waals surface area contributed by atoms with Crippen LogP contribution in [-0.4, -0.2) is 10.2 Å². The molecule has 3 rings (SSSR count). The molecule has 2 heteroatoms. The third-order valence-corrected chi connectivity index (χ3v) is 3.30. The van der Waals surface area contributed by atoms with Crippen LogP contribution in [0.15, 0.2) is 72.8 Å². The molecule has 0 fully saturated rings. The fourth-order valence-electron chi connectivity index (χ4n) is 2.34. The van der Waals surface area contributed by atoms with Gasteiger partial charge in [-0.3, -0.25) is 0 Å². The lowest BCUT2D eigenvalue weighted by molar-refractivity contribution is 0.405. The van der Waals surface area contributed by atoms with Crippen molar-refractivity contribution in [1.29, 1.82) is 0 Å². The minimum absolute atomic E-state index is 0.0856. The number of benzene rings is 3. The molecule has 0 atom stereocenters. The highest BCUT2D eigenvalue weighted by Crippen LogP contribution is 2.43. The molecule has 2 nitrogen and oxygen atoms in total. The third kappa shape index (κ3) is 3.12. The first kappa shape index (κ1) is 15.6. The normalized spacial score (nSPS) is 9.73. The van der Waals surface area contributed by atoms with Gasteiger partial charge in [-0.05, 0) is 28.8 Å². The molecule has 0 aliphatic carbocycles. The van der Waals surface area contributed by atoms with E-state index in [1.165, 1.54) is 6.07 Å². The Balaban J connectivity index is 0.000000847. The van der Waals surface area contributed by atoms with E-state index in [-0.39, 0.29) is 11.5 Å². The fourth-order valence-corrected chi connectivity index (χ4v) is 2.34. The largest absolute Gasteiger partial charge is 0.504 e. The third-order valence-electron chi connectivity index (χ3n) is 3.30. The Morgan fingerprint density at radius 3 is 1.64 bits per heavy atom. The Bertz CT molecular complexity index is 719. The van der Waals surface area contributed by atoms with Gasteiger partial charge >= 0.3 is 0 Å². The lowest BCUT2D eigenvalue weighted by atomic mass is 9.93. The van der Waals surface area contributed by atoms with Gasteiger partial charge in [0.25, 0.3) is 0 Å². The van der Waals surface area contributed by atoms with Crippen molar-refractivity contribution >= 4 is 0 Å². The summed E-state index contributed by atoms with van der Waals surface area (Å²) in [7, 11) is 0. The summed E-state index contributed by atoms with van der Waals surface area (Å²) >= 11 is 0. The zero-order chi connectivity index (χ0) is 15.9. The van der Waals surface area contributed by atoms with E-state index in [4.69, 9.17) is 0 Å². The molecule has 3 aromatic rings. The maximum absolute atomic E-state index is 10.2. The van der Waals surface area contributed by atoms with Crippen molar-refractivity contribution in [2.24, 2.45) is 0 Å². The molecule has 0 amide bonds. The van der Waals surface area contributed by atoms with E-state index in [1.807, 2.05) is 80.6 Å². The second-order valence-corrected chi connectivity index (χ2v) is 4.59. The number of hydrogen-bond donors (Lipinski definition) is 2. The first-order valence-electron chi connectivity index (χ1n) is 7.43. The van der Waals surface area contributed by atoms with Crippen LogP contribution in [0.4, 0.5) is 0 Å².